The van der Waals surface area contributed by atoms with Gasteiger partial charge in [0.15, 0.2) is 5.84 Å². The van der Waals surface area contributed by atoms with Crippen molar-refractivity contribution in [2.45, 2.75) is 24.5 Å². The number of hydrogen-bond acceptors (Lipinski definition) is 4. The van der Waals surface area contributed by atoms with Gasteiger partial charge in [-0.1, -0.05) is 16.8 Å². The van der Waals surface area contributed by atoms with E-state index in [9.17, 15) is 4.79 Å². The number of thioether (sulfide) groups is 1. The molecule has 108 valence electrons. The van der Waals surface area contributed by atoms with Crippen LogP contribution >= 0.6 is 23.4 Å². The third-order valence-corrected chi connectivity index (χ3v) is 5.15. The first kappa shape index (κ1) is 15.0. The van der Waals surface area contributed by atoms with Crippen molar-refractivity contribution in [2.75, 3.05) is 11.1 Å². The molecule has 1 saturated heterocycles. The molecule has 1 aliphatic rings. The highest BCUT2D eigenvalue weighted by Gasteiger charge is 2.37. The number of amides is 1. The lowest BCUT2D eigenvalue weighted by atomic mass is 10.0. The van der Waals surface area contributed by atoms with Crippen molar-refractivity contribution in [2.24, 2.45) is 10.9 Å². The molecule has 4 N–H and O–H groups in total. The molecule has 2 rings (SSSR count). The summed E-state index contributed by atoms with van der Waals surface area (Å²) in [6.45, 7) is 1.94. The molecule has 0 aromatic heterocycles. The van der Waals surface area contributed by atoms with E-state index in [1.807, 2.05) is 6.92 Å². The predicted octanol–water partition coefficient (Wildman–Crippen LogP) is 2.66. The van der Waals surface area contributed by atoms with Crippen molar-refractivity contribution in [3.63, 3.8) is 0 Å². The van der Waals surface area contributed by atoms with Gasteiger partial charge < -0.3 is 16.3 Å². The fourth-order valence-corrected chi connectivity index (χ4v) is 3.48. The van der Waals surface area contributed by atoms with Gasteiger partial charge in [-0.05, 0) is 43.7 Å². The van der Waals surface area contributed by atoms with Crippen molar-refractivity contribution in [1.29, 1.82) is 0 Å². The van der Waals surface area contributed by atoms with Gasteiger partial charge in [-0.25, -0.2) is 0 Å². The third-order valence-electron chi connectivity index (χ3n) is 3.32. The van der Waals surface area contributed by atoms with Gasteiger partial charge in [-0.15, -0.1) is 11.8 Å². The van der Waals surface area contributed by atoms with Crippen molar-refractivity contribution in [3.8, 4) is 0 Å². The zero-order valence-electron chi connectivity index (χ0n) is 11.0. The SMILES string of the molecule is CC1(C(=O)Nc2ccc(/C(N)=N/O)cc2Cl)CCCS1. The quantitative estimate of drug-likeness (QED) is 0.346. The number of nitrogens with zero attached hydrogens (tertiary/aromatic N) is 1. The van der Waals surface area contributed by atoms with Gasteiger partial charge in [0.05, 0.1) is 15.5 Å². The highest BCUT2D eigenvalue weighted by molar-refractivity contribution is 8.01. The van der Waals surface area contributed by atoms with E-state index in [2.05, 4.69) is 10.5 Å². The number of hydrogen-bond donors (Lipinski definition) is 3. The lowest BCUT2D eigenvalue weighted by Gasteiger charge is -2.22. The average molecular weight is 314 g/mol. The summed E-state index contributed by atoms with van der Waals surface area (Å²) in [4.78, 5) is 12.3. The summed E-state index contributed by atoms with van der Waals surface area (Å²) in [5, 5.41) is 14.7. The van der Waals surface area contributed by atoms with Crippen molar-refractivity contribution in [3.05, 3.63) is 28.8 Å². The molecule has 0 aliphatic carbocycles. The molecule has 1 fully saturated rings. The van der Waals surface area contributed by atoms with Gasteiger partial charge >= 0.3 is 0 Å². The Kier molecular flexibility index (Phi) is 4.45. The van der Waals surface area contributed by atoms with Crippen LogP contribution in [0.15, 0.2) is 23.4 Å². The van der Waals surface area contributed by atoms with Gasteiger partial charge in [0.25, 0.3) is 0 Å². The van der Waals surface area contributed by atoms with Crippen LogP contribution in [0.2, 0.25) is 5.02 Å². The number of benzene rings is 1. The second-order valence-electron chi connectivity index (χ2n) is 4.82. The molecule has 1 heterocycles. The first-order valence-electron chi connectivity index (χ1n) is 6.19. The largest absolute Gasteiger partial charge is 0.409 e. The molecule has 1 amide bonds. The van der Waals surface area contributed by atoms with E-state index in [0.717, 1.165) is 18.6 Å². The average Bonchev–Trinajstić information content (AvgIpc) is 2.88. The summed E-state index contributed by atoms with van der Waals surface area (Å²) < 4.78 is -0.395. The standard InChI is InChI=1S/C13H16ClN3O2S/c1-13(5-2-6-20-13)12(18)16-10-4-3-8(7-9(10)14)11(15)17-19/h3-4,7,19H,2,5-6H2,1H3,(H2,15,17)(H,16,18). The number of amidine groups is 1. The molecule has 0 spiro atoms. The molecular formula is C13H16ClN3O2S. The topological polar surface area (TPSA) is 87.7 Å². The number of anilines is 1. The number of carbonyl (C=O) groups excluding carboxylic acids is 1. The summed E-state index contributed by atoms with van der Waals surface area (Å²) in [5.74, 6) is 0.932. The number of halogens is 1. The van der Waals surface area contributed by atoms with E-state index < -0.39 is 4.75 Å². The normalized spacial score (nSPS) is 22.8. The zero-order valence-corrected chi connectivity index (χ0v) is 12.6. The minimum Gasteiger partial charge on any atom is -0.409 e. The van der Waals surface area contributed by atoms with Crippen molar-refractivity contribution in [1.82, 2.24) is 0 Å². The monoisotopic (exact) mass is 313 g/mol. The molecule has 1 aliphatic heterocycles. The number of oxime groups is 1. The molecule has 1 unspecified atom stereocenters. The van der Waals surface area contributed by atoms with E-state index >= 15 is 0 Å². The Hall–Kier alpha value is -1.40. The fourth-order valence-electron chi connectivity index (χ4n) is 2.05. The van der Waals surface area contributed by atoms with Crippen LogP contribution < -0.4 is 11.1 Å². The second-order valence-corrected chi connectivity index (χ2v) is 6.82. The van der Waals surface area contributed by atoms with Gasteiger partial charge in [0, 0.05) is 5.56 Å². The van der Waals surface area contributed by atoms with Crippen LogP contribution in [-0.4, -0.2) is 27.4 Å². The predicted molar refractivity (Wildman–Crippen MR) is 82.7 cm³/mol. The van der Waals surface area contributed by atoms with Crippen LogP contribution in [0, 0.1) is 0 Å². The van der Waals surface area contributed by atoms with Crippen LogP contribution in [0.4, 0.5) is 5.69 Å². The smallest absolute Gasteiger partial charge is 0.240 e. The van der Waals surface area contributed by atoms with Gasteiger partial charge in [0.2, 0.25) is 5.91 Å². The van der Waals surface area contributed by atoms with E-state index in [4.69, 9.17) is 22.5 Å². The lowest BCUT2D eigenvalue weighted by molar-refractivity contribution is -0.118. The third kappa shape index (κ3) is 3.02. The molecule has 1 aromatic carbocycles. The molecule has 1 aromatic rings. The Labute approximate surface area is 126 Å². The summed E-state index contributed by atoms with van der Waals surface area (Å²) in [7, 11) is 0. The van der Waals surface area contributed by atoms with Crippen molar-refractivity contribution >= 4 is 40.8 Å². The summed E-state index contributed by atoms with van der Waals surface area (Å²) in [6, 6.07) is 4.84. The van der Waals surface area contributed by atoms with Gasteiger partial charge in [-0.2, -0.15) is 0 Å². The highest BCUT2D eigenvalue weighted by Crippen LogP contribution is 2.39. The Bertz CT molecular complexity index is 557. The second kappa shape index (κ2) is 5.93. The molecule has 0 radical (unpaired) electrons. The van der Waals surface area contributed by atoms with E-state index in [0.29, 0.717) is 16.3 Å². The van der Waals surface area contributed by atoms with Crippen LogP contribution in [0.5, 0.6) is 0 Å². The van der Waals surface area contributed by atoms with Crippen LogP contribution in [-0.2, 0) is 4.79 Å². The first-order chi connectivity index (χ1) is 9.46. The van der Waals surface area contributed by atoms with Crippen LogP contribution in [0.1, 0.15) is 25.3 Å². The number of rotatable bonds is 3. The first-order valence-corrected chi connectivity index (χ1v) is 7.55. The molecular weight excluding hydrogens is 298 g/mol. The summed E-state index contributed by atoms with van der Waals surface area (Å²) in [6.07, 6.45) is 1.91. The lowest BCUT2D eigenvalue weighted by Crippen LogP contribution is -2.34. The molecule has 1 atom stereocenters. The van der Waals surface area contributed by atoms with E-state index in [1.165, 1.54) is 0 Å². The van der Waals surface area contributed by atoms with Crippen LogP contribution in [0.25, 0.3) is 0 Å². The number of nitrogens with two attached hydrogens (primary N) is 1. The van der Waals surface area contributed by atoms with Gasteiger partial charge in [0.1, 0.15) is 0 Å². The maximum absolute atomic E-state index is 12.3. The van der Waals surface area contributed by atoms with Crippen LogP contribution in [0.3, 0.4) is 0 Å². The molecule has 7 heteroatoms. The Morgan fingerprint density at radius 3 is 2.90 bits per heavy atom. The molecule has 20 heavy (non-hydrogen) atoms. The minimum absolute atomic E-state index is 0.0249. The maximum atomic E-state index is 12.3. The maximum Gasteiger partial charge on any atom is 0.240 e. The summed E-state index contributed by atoms with van der Waals surface area (Å²) in [5.41, 5.74) is 6.51. The Morgan fingerprint density at radius 2 is 2.35 bits per heavy atom. The van der Waals surface area contributed by atoms with E-state index in [1.54, 1.807) is 30.0 Å². The Balaban J connectivity index is 2.16. The Morgan fingerprint density at radius 1 is 1.60 bits per heavy atom. The molecule has 5 nitrogen and oxygen atoms in total. The number of nitrogens with one attached hydrogen (secondary N) is 1. The van der Waals surface area contributed by atoms with Crippen molar-refractivity contribution < 1.29 is 10.0 Å². The molecule has 0 saturated carbocycles. The zero-order chi connectivity index (χ0) is 14.8. The van der Waals surface area contributed by atoms with Gasteiger partial charge in [-0.3, -0.25) is 4.79 Å². The fraction of sp³-hybridized carbons (Fsp3) is 0.385. The highest BCUT2D eigenvalue weighted by atomic mass is 35.5. The summed E-state index contributed by atoms with van der Waals surface area (Å²) >= 11 is 7.78. The minimum atomic E-state index is -0.395. The molecule has 0 bridgehead atoms. The number of carbonyl (C=O) groups is 1. The van der Waals surface area contributed by atoms with E-state index in [-0.39, 0.29) is 11.7 Å².